The van der Waals surface area contributed by atoms with E-state index in [2.05, 4.69) is 23.1 Å². The van der Waals surface area contributed by atoms with E-state index >= 15 is 0 Å². The van der Waals surface area contributed by atoms with Gasteiger partial charge in [0.05, 0.1) is 18.2 Å². The Balaban J connectivity index is 1.16. The third kappa shape index (κ3) is 4.02. The van der Waals surface area contributed by atoms with E-state index in [1.807, 2.05) is 4.90 Å². The van der Waals surface area contributed by atoms with E-state index in [0.717, 1.165) is 38.4 Å². The number of hydrogen-bond acceptors (Lipinski definition) is 4. The minimum Gasteiger partial charge on any atom is -0.493 e. The number of benzene rings is 2. The average Bonchev–Trinajstić information content (AvgIpc) is 3.40. The van der Waals surface area contributed by atoms with Crippen LogP contribution >= 0.6 is 0 Å². The van der Waals surface area contributed by atoms with Gasteiger partial charge in [0.1, 0.15) is 11.6 Å². The zero-order valence-electron chi connectivity index (χ0n) is 17.4. The van der Waals surface area contributed by atoms with Crippen LogP contribution in [-0.2, 0) is 22.6 Å². The Morgan fingerprint density at radius 2 is 1.90 bits per heavy atom. The van der Waals surface area contributed by atoms with Crippen LogP contribution in [0.3, 0.4) is 0 Å². The van der Waals surface area contributed by atoms with E-state index < -0.39 is 11.7 Å². The van der Waals surface area contributed by atoms with E-state index in [-0.39, 0.29) is 30.5 Å². The van der Waals surface area contributed by atoms with Crippen molar-refractivity contribution in [2.75, 3.05) is 44.2 Å². The molecule has 3 aliphatic rings. The van der Waals surface area contributed by atoms with Crippen molar-refractivity contribution < 1.29 is 18.7 Å². The molecule has 7 heteroatoms. The molecule has 5 rings (SSSR count). The van der Waals surface area contributed by atoms with Gasteiger partial charge in [-0.2, -0.15) is 0 Å². The quantitative estimate of drug-likeness (QED) is 0.758. The molecule has 6 nitrogen and oxygen atoms in total. The van der Waals surface area contributed by atoms with Gasteiger partial charge in [-0.15, -0.1) is 0 Å². The summed E-state index contributed by atoms with van der Waals surface area (Å²) in [5.74, 6) is -0.0371. The predicted octanol–water partition coefficient (Wildman–Crippen LogP) is 2.46. The van der Waals surface area contributed by atoms with Crippen molar-refractivity contribution in [1.82, 2.24) is 9.80 Å². The van der Waals surface area contributed by atoms with Crippen molar-refractivity contribution >= 4 is 17.5 Å². The van der Waals surface area contributed by atoms with Gasteiger partial charge >= 0.3 is 0 Å². The van der Waals surface area contributed by atoms with Crippen LogP contribution in [0.4, 0.5) is 10.1 Å². The van der Waals surface area contributed by atoms with Crippen LogP contribution < -0.4 is 9.64 Å². The third-order valence-corrected chi connectivity index (χ3v) is 6.46. The molecule has 0 unspecified atom stereocenters. The maximum atomic E-state index is 14.1. The second-order valence-electron chi connectivity index (χ2n) is 8.50. The fourth-order valence-corrected chi connectivity index (χ4v) is 4.76. The molecule has 0 aliphatic carbocycles. The second-order valence-corrected chi connectivity index (χ2v) is 8.50. The van der Waals surface area contributed by atoms with Gasteiger partial charge in [0.15, 0.2) is 0 Å². The maximum Gasteiger partial charge on any atom is 0.228 e. The van der Waals surface area contributed by atoms with E-state index in [4.69, 9.17) is 4.74 Å². The Morgan fingerprint density at radius 1 is 1.10 bits per heavy atom. The molecule has 0 N–H and O–H groups in total. The van der Waals surface area contributed by atoms with Crippen LogP contribution in [-0.4, -0.2) is 60.9 Å². The van der Waals surface area contributed by atoms with Crippen LogP contribution in [0.25, 0.3) is 0 Å². The summed E-state index contributed by atoms with van der Waals surface area (Å²) in [6.07, 6.45) is 1.11. The van der Waals surface area contributed by atoms with Crippen molar-refractivity contribution in [2.24, 2.45) is 5.92 Å². The standard InChI is InChI=1S/C24H26FN3O3/c25-20-3-1-2-4-21(20)28-16-19(14-23(28)29)24(30)27-10-8-26(9-11-27)15-17-5-6-22-18(13-17)7-12-31-22/h1-6,13,19H,7-12,14-16H2/t19-/m0/s1. The molecule has 0 bridgehead atoms. The first-order chi connectivity index (χ1) is 15.1. The summed E-state index contributed by atoms with van der Waals surface area (Å²) in [5, 5.41) is 0. The first-order valence-electron chi connectivity index (χ1n) is 10.9. The molecule has 2 saturated heterocycles. The van der Waals surface area contributed by atoms with Crippen LogP contribution in [0.15, 0.2) is 42.5 Å². The highest BCUT2D eigenvalue weighted by Gasteiger charge is 2.38. The lowest BCUT2D eigenvalue weighted by atomic mass is 10.1. The SMILES string of the molecule is O=C([C@H]1CC(=O)N(c2ccccc2F)C1)N1CCN(Cc2ccc3c(c2)CCO3)CC1. The number of halogens is 1. The maximum absolute atomic E-state index is 14.1. The summed E-state index contributed by atoms with van der Waals surface area (Å²) in [6, 6.07) is 12.6. The Labute approximate surface area is 181 Å². The lowest BCUT2D eigenvalue weighted by Gasteiger charge is -2.36. The molecule has 2 aromatic carbocycles. The van der Waals surface area contributed by atoms with Crippen molar-refractivity contribution in [1.29, 1.82) is 0 Å². The molecule has 31 heavy (non-hydrogen) atoms. The first kappa shape index (κ1) is 20.0. The number of ether oxygens (including phenoxy) is 1. The molecule has 162 valence electrons. The van der Waals surface area contributed by atoms with E-state index in [9.17, 15) is 14.0 Å². The molecule has 2 amide bonds. The molecular weight excluding hydrogens is 397 g/mol. The van der Waals surface area contributed by atoms with Gasteiger partial charge in [0.25, 0.3) is 0 Å². The number of nitrogens with zero attached hydrogens (tertiary/aromatic N) is 3. The van der Waals surface area contributed by atoms with Crippen LogP contribution in [0, 0.1) is 11.7 Å². The highest BCUT2D eigenvalue weighted by Crippen LogP contribution is 2.29. The number of carbonyl (C=O) groups is 2. The molecule has 0 aromatic heterocycles. The number of amides is 2. The normalized spacial score (nSPS) is 21.3. The molecule has 0 saturated carbocycles. The average molecular weight is 423 g/mol. The van der Waals surface area contributed by atoms with E-state index in [1.165, 1.54) is 22.1 Å². The highest BCUT2D eigenvalue weighted by atomic mass is 19.1. The summed E-state index contributed by atoms with van der Waals surface area (Å²) in [4.78, 5) is 31.1. The van der Waals surface area contributed by atoms with Gasteiger partial charge in [-0.1, -0.05) is 24.3 Å². The van der Waals surface area contributed by atoms with Gasteiger partial charge in [0, 0.05) is 52.1 Å². The largest absolute Gasteiger partial charge is 0.493 e. The summed E-state index contributed by atoms with van der Waals surface area (Å²) in [7, 11) is 0. The summed E-state index contributed by atoms with van der Waals surface area (Å²) >= 11 is 0. The van der Waals surface area contributed by atoms with Crippen molar-refractivity contribution in [3.05, 3.63) is 59.4 Å². The molecule has 1 atom stereocenters. The zero-order chi connectivity index (χ0) is 21.4. The number of hydrogen-bond donors (Lipinski definition) is 0. The summed E-state index contributed by atoms with van der Waals surface area (Å²) in [5.41, 5.74) is 2.80. The summed E-state index contributed by atoms with van der Waals surface area (Å²) < 4.78 is 19.7. The highest BCUT2D eigenvalue weighted by molar-refractivity contribution is 6.00. The predicted molar refractivity (Wildman–Crippen MR) is 114 cm³/mol. The molecule has 3 aliphatic heterocycles. The van der Waals surface area contributed by atoms with Crippen molar-refractivity contribution in [3.8, 4) is 5.75 Å². The molecule has 2 aromatic rings. The third-order valence-electron chi connectivity index (χ3n) is 6.46. The number of fused-ring (bicyclic) bond motifs is 1. The second kappa shape index (κ2) is 8.30. The topological polar surface area (TPSA) is 53.1 Å². The van der Waals surface area contributed by atoms with Crippen molar-refractivity contribution in [3.63, 3.8) is 0 Å². The van der Waals surface area contributed by atoms with Gasteiger partial charge in [-0.25, -0.2) is 4.39 Å². The smallest absolute Gasteiger partial charge is 0.228 e. The molecule has 0 radical (unpaired) electrons. The fourth-order valence-electron chi connectivity index (χ4n) is 4.76. The monoisotopic (exact) mass is 423 g/mol. The molecular formula is C24H26FN3O3. The molecule has 3 heterocycles. The number of carbonyl (C=O) groups excluding carboxylic acids is 2. The van der Waals surface area contributed by atoms with E-state index in [0.29, 0.717) is 13.1 Å². The van der Waals surface area contributed by atoms with Gasteiger partial charge in [-0.3, -0.25) is 14.5 Å². The summed E-state index contributed by atoms with van der Waals surface area (Å²) in [6.45, 7) is 4.77. The Morgan fingerprint density at radius 3 is 2.71 bits per heavy atom. The number of rotatable bonds is 4. The van der Waals surface area contributed by atoms with Gasteiger partial charge < -0.3 is 14.5 Å². The number of para-hydroxylation sites is 1. The van der Waals surface area contributed by atoms with Crippen LogP contribution in [0.5, 0.6) is 5.75 Å². The minimum absolute atomic E-state index is 0.00141. The number of anilines is 1. The van der Waals surface area contributed by atoms with Crippen LogP contribution in [0.1, 0.15) is 17.5 Å². The van der Waals surface area contributed by atoms with Gasteiger partial charge in [0.2, 0.25) is 11.8 Å². The van der Waals surface area contributed by atoms with Crippen molar-refractivity contribution in [2.45, 2.75) is 19.4 Å². The van der Waals surface area contributed by atoms with Crippen LogP contribution in [0.2, 0.25) is 0 Å². The Hall–Kier alpha value is -2.93. The van der Waals surface area contributed by atoms with Gasteiger partial charge in [-0.05, 0) is 29.3 Å². The minimum atomic E-state index is -0.435. The number of piperazine rings is 1. The lowest BCUT2D eigenvalue weighted by molar-refractivity contribution is -0.137. The molecule has 0 spiro atoms. The lowest BCUT2D eigenvalue weighted by Crippen LogP contribution is -2.50. The fraction of sp³-hybridized carbons (Fsp3) is 0.417. The Kier molecular flexibility index (Phi) is 5.36. The molecule has 2 fully saturated rings. The Bertz CT molecular complexity index is 1000. The first-order valence-corrected chi connectivity index (χ1v) is 10.9. The zero-order valence-corrected chi connectivity index (χ0v) is 17.4. The van der Waals surface area contributed by atoms with E-state index in [1.54, 1.807) is 18.2 Å².